The summed E-state index contributed by atoms with van der Waals surface area (Å²) >= 11 is 0. The fourth-order valence-electron chi connectivity index (χ4n) is 1.17. The summed E-state index contributed by atoms with van der Waals surface area (Å²) in [6.07, 6.45) is -0.547. The van der Waals surface area contributed by atoms with E-state index in [4.69, 9.17) is 22.0 Å². The van der Waals surface area contributed by atoms with Gasteiger partial charge in [-0.15, -0.1) is 5.11 Å². The lowest BCUT2D eigenvalue weighted by molar-refractivity contribution is -0.138. The molecule has 0 saturated heterocycles. The highest BCUT2D eigenvalue weighted by Gasteiger charge is 2.33. The number of azo groups is 1. The number of carboxylic acids is 2. The normalized spacial score (nSPS) is 16.6. The third-order valence-electron chi connectivity index (χ3n) is 2.61. The highest BCUT2D eigenvalue weighted by atomic mass is 16.4. The van der Waals surface area contributed by atoms with Crippen LogP contribution in [0.3, 0.4) is 0 Å². The minimum atomic E-state index is -1.36. The molecule has 0 radical (unpaired) electrons. The van der Waals surface area contributed by atoms with Gasteiger partial charge in [0, 0.05) is 13.3 Å². The molecule has 0 aliphatic carbocycles. The van der Waals surface area contributed by atoms with Crippen molar-refractivity contribution in [1.29, 1.82) is 5.26 Å². The van der Waals surface area contributed by atoms with Crippen molar-refractivity contribution in [3.8, 4) is 6.07 Å². The fourth-order valence-corrected chi connectivity index (χ4v) is 1.17. The molecule has 0 rings (SSSR count). The Hall–Kier alpha value is -2.48. The largest absolute Gasteiger partial charge is 0.481 e. The standard InChI is InChI=1S/C12H16N4O4/c1-11(8-13,6-4-9(17)18)15-16-12(2,14-3)7-5-10(19)20/h4-7H2,1-2H3,(H,17,18)(H,19,20)/b16-15-. The maximum absolute atomic E-state index is 10.5. The van der Waals surface area contributed by atoms with Gasteiger partial charge in [-0.25, -0.2) is 6.57 Å². The van der Waals surface area contributed by atoms with Crippen LogP contribution in [0, 0.1) is 17.9 Å². The molecule has 0 aliphatic heterocycles. The van der Waals surface area contributed by atoms with Gasteiger partial charge in [-0.2, -0.15) is 10.4 Å². The molecule has 0 aromatic rings. The molecular weight excluding hydrogens is 264 g/mol. The van der Waals surface area contributed by atoms with Crippen LogP contribution in [0.4, 0.5) is 0 Å². The highest BCUT2D eigenvalue weighted by molar-refractivity contribution is 5.67. The van der Waals surface area contributed by atoms with E-state index in [1.807, 2.05) is 6.07 Å². The van der Waals surface area contributed by atoms with Crippen molar-refractivity contribution >= 4 is 11.9 Å². The lowest BCUT2D eigenvalue weighted by Gasteiger charge is -2.16. The van der Waals surface area contributed by atoms with Crippen LogP contribution < -0.4 is 0 Å². The Bertz CT molecular complexity index is 447. The molecule has 0 amide bonds. The van der Waals surface area contributed by atoms with Gasteiger partial charge in [-0.1, -0.05) is 0 Å². The monoisotopic (exact) mass is 280 g/mol. The maximum Gasteiger partial charge on any atom is 0.338 e. The molecule has 0 saturated carbocycles. The van der Waals surface area contributed by atoms with E-state index >= 15 is 0 Å². The Morgan fingerprint density at radius 1 is 1.20 bits per heavy atom. The first-order chi connectivity index (χ1) is 9.16. The van der Waals surface area contributed by atoms with E-state index in [1.54, 1.807) is 0 Å². The molecule has 2 atom stereocenters. The molecule has 0 bridgehead atoms. The summed E-state index contributed by atoms with van der Waals surface area (Å²) in [5.41, 5.74) is -2.70. The van der Waals surface area contributed by atoms with Gasteiger partial charge >= 0.3 is 17.6 Å². The Kier molecular flexibility index (Phi) is 6.30. The number of carbonyl (C=O) groups is 2. The van der Waals surface area contributed by atoms with Gasteiger partial charge in [0.1, 0.15) is 0 Å². The van der Waals surface area contributed by atoms with Crippen molar-refractivity contribution in [1.82, 2.24) is 0 Å². The number of nitriles is 1. The summed E-state index contributed by atoms with van der Waals surface area (Å²) in [6.45, 7) is 9.87. The SMILES string of the molecule is [C-]#[N+]C(C)(CCC(=O)O)/N=N\C(C)(C#N)CCC(=O)O. The number of carboxylic acid groups (broad SMARTS) is 2. The second kappa shape index (κ2) is 7.19. The summed E-state index contributed by atoms with van der Waals surface area (Å²) in [5.74, 6) is -2.11. The van der Waals surface area contributed by atoms with E-state index in [9.17, 15) is 9.59 Å². The first kappa shape index (κ1) is 17.5. The molecule has 8 heteroatoms. The van der Waals surface area contributed by atoms with Crippen LogP contribution in [0.1, 0.15) is 39.5 Å². The van der Waals surface area contributed by atoms with Crippen LogP contribution in [-0.2, 0) is 9.59 Å². The molecule has 0 aromatic carbocycles. The van der Waals surface area contributed by atoms with Crippen molar-refractivity contribution in [3.05, 3.63) is 11.4 Å². The van der Waals surface area contributed by atoms with E-state index in [2.05, 4.69) is 15.1 Å². The van der Waals surface area contributed by atoms with E-state index in [0.29, 0.717) is 0 Å². The minimum Gasteiger partial charge on any atom is -0.481 e. The molecule has 0 aliphatic rings. The Labute approximate surface area is 116 Å². The van der Waals surface area contributed by atoms with Crippen LogP contribution in [0.2, 0.25) is 0 Å². The van der Waals surface area contributed by atoms with Crippen LogP contribution in [0.25, 0.3) is 4.85 Å². The molecule has 2 N–H and O–H groups in total. The van der Waals surface area contributed by atoms with E-state index in [1.165, 1.54) is 13.8 Å². The van der Waals surface area contributed by atoms with Crippen molar-refractivity contribution in [3.63, 3.8) is 0 Å². The first-order valence-corrected chi connectivity index (χ1v) is 5.84. The number of nitrogens with zero attached hydrogens (tertiary/aromatic N) is 4. The van der Waals surface area contributed by atoms with Gasteiger partial charge < -0.3 is 10.2 Å². The zero-order valence-corrected chi connectivity index (χ0v) is 11.3. The minimum absolute atomic E-state index is 0.0320. The second-order valence-corrected chi connectivity index (χ2v) is 4.70. The van der Waals surface area contributed by atoms with E-state index < -0.39 is 23.1 Å². The Morgan fingerprint density at radius 2 is 1.70 bits per heavy atom. The van der Waals surface area contributed by atoms with Crippen LogP contribution in [0.5, 0.6) is 0 Å². The quantitative estimate of drug-likeness (QED) is 0.519. The third kappa shape index (κ3) is 6.45. The molecular formula is C12H16N4O4. The molecule has 20 heavy (non-hydrogen) atoms. The van der Waals surface area contributed by atoms with E-state index in [-0.39, 0.29) is 25.7 Å². The molecule has 108 valence electrons. The van der Waals surface area contributed by atoms with Gasteiger partial charge in [0.15, 0.2) is 5.54 Å². The molecule has 0 aromatic heterocycles. The van der Waals surface area contributed by atoms with Gasteiger partial charge in [-0.3, -0.25) is 14.4 Å². The van der Waals surface area contributed by atoms with E-state index in [0.717, 1.165) is 0 Å². The lowest BCUT2D eigenvalue weighted by Crippen LogP contribution is -2.24. The smallest absolute Gasteiger partial charge is 0.338 e. The maximum atomic E-state index is 10.5. The van der Waals surface area contributed by atoms with Gasteiger partial charge in [0.25, 0.3) is 0 Å². The van der Waals surface area contributed by atoms with Crippen molar-refractivity contribution in [2.24, 2.45) is 10.2 Å². The van der Waals surface area contributed by atoms with Gasteiger partial charge in [-0.05, 0) is 13.3 Å². The van der Waals surface area contributed by atoms with Crippen LogP contribution in [-0.4, -0.2) is 33.4 Å². The van der Waals surface area contributed by atoms with Crippen molar-refractivity contribution in [2.45, 2.75) is 50.7 Å². The average Bonchev–Trinajstić information content (AvgIpc) is 2.41. The Morgan fingerprint density at radius 3 is 2.10 bits per heavy atom. The zero-order valence-electron chi connectivity index (χ0n) is 11.3. The summed E-state index contributed by atoms with van der Waals surface area (Å²) < 4.78 is 0. The molecule has 0 heterocycles. The molecule has 2 unspecified atom stereocenters. The first-order valence-electron chi connectivity index (χ1n) is 5.84. The predicted molar refractivity (Wildman–Crippen MR) is 67.6 cm³/mol. The summed E-state index contributed by atoms with van der Waals surface area (Å²) in [6, 6.07) is 1.85. The average molecular weight is 280 g/mol. The number of hydrogen-bond acceptors (Lipinski definition) is 5. The number of aliphatic carboxylic acids is 2. The number of rotatable bonds is 8. The number of hydrogen-bond donors (Lipinski definition) is 2. The Balaban J connectivity index is 4.92. The zero-order chi connectivity index (χ0) is 15.8. The molecule has 8 nitrogen and oxygen atoms in total. The van der Waals surface area contributed by atoms with Crippen molar-refractivity contribution < 1.29 is 19.8 Å². The lowest BCUT2D eigenvalue weighted by atomic mass is 9.99. The van der Waals surface area contributed by atoms with Gasteiger partial charge in [0.05, 0.1) is 18.9 Å². The highest BCUT2D eigenvalue weighted by Crippen LogP contribution is 2.24. The topological polar surface area (TPSA) is 127 Å². The molecule has 0 spiro atoms. The van der Waals surface area contributed by atoms with Crippen LogP contribution >= 0.6 is 0 Å². The predicted octanol–water partition coefficient (Wildman–Crippen LogP) is 2.09. The summed E-state index contributed by atoms with van der Waals surface area (Å²) in [4.78, 5) is 24.2. The summed E-state index contributed by atoms with van der Waals surface area (Å²) in [7, 11) is 0. The second-order valence-electron chi connectivity index (χ2n) is 4.70. The summed E-state index contributed by atoms with van der Waals surface area (Å²) in [5, 5.41) is 33.7. The van der Waals surface area contributed by atoms with Crippen LogP contribution in [0.15, 0.2) is 10.2 Å². The van der Waals surface area contributed by atoms with Crippen molar-refractivity contribution in [2.75, 3.05) is 0 Å². The van der Waals surface area contributed by atoms with Gasteiger partial charge in [0.2, 0.25) is 0 Å². The third-order valence-corrected chi connectivity index (χ3v) is 2.61. The fraction of sp³-hybridized carbons (Fsp3) is 0.667. The molecule has 0 fully saturated rings.